The van der Waals surface area contributed by atoms with Gasteiger partial charge in [-0.3, -0.25) is 0 Å². The van der Waals surface area contributed by atoms with Crippen molar-refractivity contribution in [1.29, 1.82) is 0 Å². The molecule has 1 aliphatic carbocycles. The minimum absolute atomic E-state index is 0.113. The third kappa shape index (κ3) is 2.62. The van der Waals surface area contributed by atoms with Crippen molar-refractivity contribution in [3.8, 4) is 0 Å². The lowest BCUT2D eigenvalue weighted by Gasteiger charge is -2.12. The van der Waals surface area contributed by atoms with Crippen LogP contribution in [-0.4, -0.2) is 13.1 Å². The molecule has 0 aliphatic heterocycles. The minimum Gasteiger partial charge on any atom is -0.341 e. The SMILES string of the molecule is CNC(=O)NC1=CCCCC1. The molecule has 0 saturated heterocycles. The molecular weight excluding hydrogens is 140 g/mol. The normalized spacial score (nSPS) is 17.0. The molecule has 0 aromatic rings. The van der Waals surface area contributed by atoms with Crippen LogP contribution in [0.4, 0.5) is 4.79 Å². The Morgan fingerprint density at radius 1 is 1.55 bits per heavy atom. The number of rotatable bonds is 1. The van der Waals surface area contributed by atoms with E-state index in [1.165, 1.54) is 12.8 Å². The predicted octanol–water partition coefficient (Wildman–Crippen LogP) is 1.37. The summed E-state index contributed by atoms with van der Waals surface area (Å²) in [5, 5.41) is 5.30. The van der Waals surface area contributed by atoms with Gasteiger partial charge in [-0.05, 0) is 25.7 Å². The molecule has 11 heavy (non-hydrogen) atoms. The number of amides is 2. The lowest BCUT2D eigenvalue weighted by Crippen LogP contribution is -2.32. The Morgan fingerprint density at radius 3 is 2.91 bits per heavy atom. The molecule has 0 heterocycles. The van der Waals surface area contributed by atoms with Gasteiger partial charge in [0, 0.05) is 12.7 Å². The molecule has 0 fully saturated rings. The molecule has 1 rings (SSSR count). The summed E-state index contributed by atoms with van der Waals surface area (Å²) < 4.78 is 0. The first-order valence-corrected chi connectivity index (χ1v) is 4.00. The van der Waals surface area contributed by atoms with E-state index < -0.39 is 0 Å². The Bertz CT molecular complexity index is 175. The zero-order chi connectivity index (χ0) is 8.10. The van der Waals surface area contributed by atoms with Crippen LogP contribution in [-0.2, 0) is 0 Å². The minimum atomic E-state index is -0.113. The topological polar surface area (TPSA) is 41.1 Å². The van der Waals surface area contributed by atoms with Gasteiger partial charge in [-0.25, -0.2) is 4.79 Å². The maximum Gasteiger partial charge on any atom is 0.318 e. The highest BCUT2D eigenvalue weighted by Crippen LogP contribution is 2.14. The summed E-state index contributed by atoms with van der Waals surface area (Å²) in [6.07, 6.45) is 6.64. The first-order chi connectivity index (χ1) is 5.33. The van der Waals surface area contributed by atoms with Gasteiger partial charge in [0.2, 0.25) is 0 Å². The van der Waals surface area contributed by atoms with Crippen LogP contribution >= 0.6 is 0 Å². The Hall–Kier alpha value is -0.990. The van der Waals surface area contributed by atoms with Gasteiger partial charge in [-0.1, -0.05) is 6.08 Å². The first kappa shape index (κ1) is 8.11. The fourth-order valence-electron chi connectivity index (χ4n) is 1.16. The Labute approximate surface area is 66.9 Å². The second kappa shape index (κ2) is 4.01. The third-order valence-corrected chi connectivity index (χ3v) is 1.79. The summed E-state index contributed by atoms with van der Waals surface area (Å²) in [4.78, 5) is 10.8. The molecule has 0 spiro atoms. The Kier molecular flexibility index (Phi) is 2.95. The van der Waals surface area contributed by atoms with Gasteiger partial charge in [-0.2, -0.15) is 0 Å². The van der Waals surface area contributed by atoms with Gasteiger partial charge in [-0.15, -0.1) is 0 Å². The van der Waals surface area contributed by atoms with Gasteiger partial charge in [0.1, 0.15) is 0 Å². The third-order valence-electron chi connectivity index (χ3n) is 1.79. The Balaban J connectivity index is 2.35. The second-order valence-corrected chi connectivity index (χ2v) is 2.68. The van der Waals surface area contributed by atoms with Gasteiger partial charge < -0.3 is 10.6 Å². The number of hydrogen-bond donors (Lipinski definition) is 2. The van der Waals surface area contributed by atoms with E-state index in [9.17, 15) is 4.79 Å². The monoisotopic (exact) mass is 154 g/mol. The van der Waals surface area contributed by atoms with Crippen LogP contribution in [0.2, 0.25) is 0 Å². The average Bonchev–Trinajstić information content (AvgIpc) is 2.06. The van der Waals surface area contributed by atoms with Crippen molar-refractivity contribution in [3.63, 3.8) is 0 Å². The van der Waals surface area contributed by atoms with E-state index in [-0.39, 0.29) is 6.03 Å². The van der Waals surface area contributed by atoms with Crippen LogP contribution in [0, 0.1) is 0 Å². The highest BCUT2D eigenvalue weighted by atomic mass is 16.2. The van der Waals surface area contributed by atoms with Crippen LogP contribution in [0.3, 0.4) is 0 Å². The second-order valence-electron chi connectivity index (χ2n) is 2.68. The number of hydrogen-bond acceptors (Lipinski definition) is 1. The van der Waals surface area contributed by atoms with Crippen molar-refractivity contribution >= 4 is 6.03 Å². The van der Waals surface area contributed by atoms with Gasteiger partial charge >= 0.3 is 6.03 Å². The smallest absolute Gasteiger partial charge is 0.318 e. The lowest BCUT2D eigenvalue weighted by molar-refractivity contribution is 0.245. The molecule has 3 nitrogen and oxygen atoms in total. The molecule has 0 aromatic carbocycles. The number of urea groups is 1. The van der Waals surface area contributed by atoms with E-state index in [0.29, 0.717) is 0 Å². The van der Waals surface area contributed by atoms with E-state index >= 15 is 0 Å². The van der Waals surface area contributed by atoms with Crippen molar-refractivity contribution < 1.29 is 4.79 Å². The molecule has 0 aromatic heterocycles. The number of allylic oxidation sites excluding steroid dienone is 2. The predicted molar refractivity (Wildman–Crippen MR) is 44.1 cm³/mol. The van der Waals surface area contributed by atoms with Crippen LogP contribution < -0.4 is 10.6 Å². The molecular formula is C8H14N2O. The first-order valence-electron chi connectivity index (χ1n) is 4.00. The zero-order valence-corrected chi connectivity index (χ0v) is 6.81. The largest absolute Gasteiger partial charge is 0.341 e. The molecule has 62 valence electrons. The molecule has 0 saturated carbocycles. The Morgan fingerprint density at radius 2 is 2.36 bits per heavy atom. The van der Waals surface area contributed by atoms with Crippen LogP contribution in [0.25, 0.3) is 0 Å². The molecule has 0 bridgehead atoms. The van der Waals surface area contributed by atoms with Crippen molar-refractivity contribution in [3.05, 3.63) is 11.8 Å². The summed E-state index contributed by atoms with van der Waals surface area (Å²) in [6.45, 7) is 0. The zero-order valence-electron chi connectivity index (χ0n) is 6.81. The molecule has 0 atom stereocenters. The van der Waals surface area contributed by atoms with Crippen LogP contribution in [0.1, 0.15) is 25.7 Å². The number of carbonyl (C=O) groups is 1. The van der Waals surface area contributed by atoms with E-state index in [2.05, 4.69) is 16.7 Å². The van der Waals surface area contributed by atoms with E-state index in [0.717, 1.165) is 18.5 Å². The van der Waals surface area contributed by atoms with E-state index in [4.69, 9.17) is 0 Å². The maximum absolute atomic E-state index is 10.8. The molecule has 3 heteroatoms. The van der Waals surface area contributed by atoms with Crippen molar-refractivity contribution in [2.75, 3.05) is 7.05 Å². The quantitative estimate of drug-likeness (QED) is 0.588. The maximum atomic E-state index is 10.8. The fourth-order valence-corrected chi connectivity index (χ4v) is 1.16. The summed E-state index contributed by atoms with van der Waals surface area (Å²) in [5.41, 5.74) is 1.07. The summed E-state index contributed by atoms with van der Waals surface area (Å²) >= 11 is 0. The van der Waals surface area contributed by atoms with E-state index in [1.807, 2.05) is 0 Å². The number of carbonyl (C=O) groups excluding carboxylic acids is 1. The summed E-state index contributed by atoms with van der Waals surface area (Å²) in [6, 6.07) is -0.113. The highest BCUT2D eigenvalue weighted by molar-refractivity contribution is 5.75. The van der Waals surface area contributed by atoms with Crippen molar-refractivity contribution in [1.82, 2.24) is 10.6 Å². The molecule has 2 amide bonds. The highest BCUT2D eigenvalue weighted by Gasteiger charge is 2.04. The summed E-state index contributed by atoms with van der Waals surface area (Å²) in [5.74, 6) is 0. The van der Waals surface area contributed by atoms with Gasteiger partial charge in [0.15, 0.2) is 0 Å². The standard InChI is InChI=1S/C8H14N2O/c1-9-8(11)10-7-5-3-2-4-6-7/h5H,2-4,6H2,1H3,(H2,9,10,11). The number of nitrogens with one attached hydrogen (secondary N) is 2. The van der Waals surface area contributed by atoms with Gasteiger partial charge in [0.05, 0.1) is 0 Å². The van der Waals surface area contributed by atoms with Crippen LogP contribution in [0.5, 0.6) is 0 Å². The molecule has 0 unspecified atom stereocenters. The lowest BCUT2D eigenvalue weighted by atomic mass is 10.1. The molecule has 2 N–H and O–H groups in total. The van der Waals surface area contributed by atoms with E-state index in [1.54, 1.807) is 7.05 Å². The van der Waals surface area contributed by atoms with Crippen molar-refractivity contribution in [2.45, 2.75) is 25.7 Å². The van der Waals surface area contributed by atoms with Crippen molar-refractivity contribution in [2.24, 2.45) is 0 Å². The average molecular weight is 154 g/mol. The molecule has 0 radical (unpaired) electrons. The summed E-state index contributed by atoms with van der Waals surface area (Å²) in [7, 11) is 1.62. The van der Waals surface area contributed by atoms with Crippen LogP contribution in [0.15, 0.2) is 11.8 Å². The molecule has 1 aliphatic rings. The van der Waals surface area contributed by atoms with Gasteiger partial charge in [0.25, 0.3) is 0 Å². The fraction of sp³-hybridized carbons (Fsp3) is 0.625.